The lowest BCUT2D eigenvalue weighted by molar-refractivity contribution is -0.136. The van der Waals surface area contributed by atoms with Crippen LogP contribution in [0.4, 0.5) is 0 Å². The zero-order valence-corrected chi connectivity index (χ0v) is 9.30. The molecule has 0 saturated heterocycles. The fraction of sp³-hybridized carbons (Fsp3) is 0.875. The van der Waals surface area contributed by atoms with E-state index in [2.05, 4.69) is 4.72 Å². The summed E-state index contributed by atoms with van der Waals surface area (Å²) < 4.78 is 24.7. The third-order valence-corrected chi connectivity index (χ3v) is 3.04. The molecule has 0 atom stereocenters. The van der Waals surface area contributed by atoms with Crippen LogP contribution in [0.2, 0.25) is 0 Å². The van der Waals surface area contributed by atoms with E-state index in [9.17, 15) is 13.2 Å². The summed E-state index contributed by atoms with van der Waals surface area (Å²) >= 11 is 0. The summed E-state index contributed by atoms with van der Waals surface area (Å²) in [5, 5.41) is 8.29. The molecule has 5 nitrogen and oxygen atoms in total. The Balaban J connectivity index is 3.79. The molecule has 0 rings (SSSR count). The van der Waals surface area contributed by atoms with Gasteiger partial charge < -0.3 is 5.11 Å². The Bertz CT molecular complexity index is 271. The number of hydrogen-bond acceptors (Lipinski definition) is 3. The number of carboxylic acid groups (broad SMARTS) is 1. The van der Waals surface area contributed by atoms with Gasteiger partial charge in [0, 0.05) is 6.54 Å². The predicted molar refractivity (Wildman–Crippen MR) is 53.5 cm³/mol. The molecule has 0 bridgehead atoms. The van der Waals surface area contributed by atoms with Crippen LogP contribution in [0.1, 0.15) is 26.7 Å². The summed E-state index contributed by atoms with van der Waals surface area (Å²) in [5.41, 5.74) is 0. The number of rotatable bonds is 7. The molecule has 0 radical (unpaired) electrons. The SMILES string of the molecule is CC(C)CCS(=O)(=O)NCCC(=O)O. The zero-order valence-electron chi connectivity index (χ0n) is 8.49. The molecule has 84 valence electrons. The number of aliphatic carboxylic acids is 1. The topological polar surface area (TPSA) is 83.5 Å². The van der Waals surface area contributed by atoms with Gasteiger partial charge in [0.25, 0.3) is 0 Å². The van der Waals surface area contributed by atoms with Gasteiger partial charge in [-0.2, -0.15) is 0 Å². The van der Waals surface area contributed by atoms with Crippen molar-refractivity contribution < 1.29 is 18.3 Å². The standard InChI is InChI=1S/C8H17NO4S/c1-7(2)4-6-14(12,13)9-5-3-8(10)11/h7,9H,3-6H2,1-2H3,(H,10,11). The van der Waals surface area contributed by atoms with E-state index in [1.54, 1.807) is 0 Å². The Hall–Kier alpha value is -0.620. The molecule has 0 saturated carbocycles. The van der Waals surface area contributed by atoms with Crippen LogP contribution < -0.4 is 4.72 Å². The van der Waals surface area contributed by atoms with Crippen molar-refractivity contribution in [3.8, 4) is 0 Å². The molecule has 0 aliphatic rings. The van der Waals surface area contributed by atoms with Gasteiger partial charge in [-0.3, -0.25) is 4.79 Å². The monoisotopic (exact) mass is 223 g/mol. The molecule has 0 amide bonds. The summed E-state index contributed by atoms with van der Waals surface area (Å²) in [6.45, 7) is 3.84. The van der Waals surface area contributed by atoms with Gasteiger partial charge in [-0.1, -0.05) is 13.8 Å². The third kappa shape index (κ3) is 8.00. The number of nitrogens with one attached hydrogen (secondary N) is 1. The van der Waals surface area contributed by atoms with Crippen molar-refractivity contribution in [1.29, 1.82) is 0 Å². The normalized spacial score (nSPS) is 11.9. The average molecular weight is 223 g/mol. The first-order valence-corrected chi connectivity index (χ1v) is 6.18. The third-order valence-electron chi connectivity index (χ3n) is 1.62. The van der Waals surface area contributed by atoms with E-state index < -0.39 is 16.0 Å². The van der Waals surface area contributed by atoms with Crippen molar-refractivity contribution in [2.75, 3.05) is 12.3 Å². The molecule has 0 fully saturated rings. The van der Waals surface area contributed by atoms with E-state index in [1.807, 2.05) is 13.8 Å². The maximum absolute atomic E-state index is 11.2. The van der Waals surface area contributed by atoms with Gasteiger partial charge >= 0.3 is 5.97 Å². The van der Waals surface area contributed by atoms with E-state index in [-0.39, 0.29) is 18.7 Å². The molecule has 0 spiro atoms. The highest BCUT2D eigenvalue weighted by atomic mass is 32.2. The number of hydrogen-bond donors (Lipinski definition) is 2. The van der Waals surface area contributed by atoms with Crippen LogP contribution in [-0.4, -0.2) is 31.8 Å². The second-order valence-corrected chi connectivity index (χ2v) is 5.47. The van der Waals surface area contributed by atoms with Crippen LogP contribution in [0.25, 0.3) is 0 Å². The fourth-order valence-electron chi connectivity index (χ4n) is 0.776. The molecule has 0 aliphatic heterocycles. The molecular formula is C8H17NO4S. The molecule has 0 aromatic carbocycles. The van der Waals surface area contributed by atoms with E-state index in [1.165, 1.54) is 0 Å². The molecule has 0 aromatic rings. The van der Waals surface area contributed by atoms with Gasteiger partial charge in [-0.15, -0.1) is 0 Å². The van der Waals surface area contributed by atoms with Crippen molar-refractivity contribution in [3.63, 3.8) is 0 Å². The van der Waals surface area contributed by atoms with Gasteiger partial charge in [-0.25, -0.2) is 13.1 Å². The molecular weight excluding hydrogens is 206 g/mol. The van der Waals surface area contributed by atoms with Crippen molar-refractivity contribution in [1.82, 2.24) is 4.72 Å². The molecule has 2 N–H and O–H groups in total. The smallest absolute Gasteiger partial charge is 0.304 e. The van der Waals surface area contributed by atoms with E-state index in [4.69, 9.17) is 5.11 Å². The maximum Gasteiger partial charge on any atom is 0.304 e. The quantitative estimate of drug-likeness (QED) is 0.655. The van der Waals surface area contributed by atoms with Gasteiger partial charge in [0.2, 0.25) is 10.0 Å². The lowest BCUT2D eigenvalue weighted by Gasteiger charge is -2.06. The summed E-state index contributed by atoms with van der Waals surface area (Å²) in [6.07, 6.45) is 0.406. The van der Waals surface area contributed by atoms with Crippen molar-refractivity contribution >= 4 is 16.0 Å². The Morgan fingerprint density at radius 1 is 1.43 bits per heavy atom. The average Bonchev–Trinajstić information content (AvgIpc) is 2.00. The minimum Gasteiger partial charge on any atom is -0.481 e. The lowest BCUT2D eigenvalue weighted by atomic mass is 10.2. The van der Waals surface area contributed by atoms with Gasteiger partial charge in [0.15, 0.2) is 0 Å². The molecule has 0 aliphatic carbocycles. The summed E-state index contributed by atoms with van der Waals surface area (Å²) in [7, 11) is -3.29. The van der Waals surface area contributed by atoms with Crippen LogP contribution in [0.15, 0.2) is 0 Å². The van der Waals surface area contributed by atoms with E-state index in [0.29, 0.717) is 12.3 Å². The highest BCUT2D eigenvalue weighted by molar-refractivity contribution is 7.89. The highest BCUT2D eigenvalue weighted by Crippen LogP contribution is 2.01. The van der Waals surface area contributed by atoms with Gasteiger partial charge in [0.1, 0.15) is 0 Å². The van der Waals surface area contributed by atoms with Gasteiger partial charge in [0.05, 0.1) is 12.2 Å². The Kier molecular flexibility index (Phi) is 5.71. The Morgan fingerprint density at radius 2 is 2.00 bits per heavy atom. The highest BCUT2D eigenvalue weighted by Gasteiger charge is 2.10. The molecule has 0 heterocycles. The Morgan fingerprint density at radius 3 is 2.43 bits per heavy atom. The second-order valence-electron chi connectivity index (χ2n) is 3.54. The van der Waals surface area contributed by atoms with Crippen LogP contribution in [0.3, 0.4) is 0 Å². The van der Waals surface area contributed by atoms with E-state index in [0.717, 1.165) is 0 Å². The fourth-order valence-corrected chi connectivity index (χ4v) is 2.12. The first-order chi connectivity index (χ1) is 6.33. The molecule has 0 aromatic heterocycles. The van der Waals surface area contributed by atoms with Crippen molar-refractivity contribution in [2.24, 2.45) is 5.92 Å². The molecule has 0 unspecified atom stereocenters. The summed E-state index contributed by atoms with van der Waals surface area (Å²) in [4.78, 5) is 10.1. The van der Waals surface area contributed by atoms with E-state index >= 15 is 0 Å². The van der Waals surface area contributed by atoms with Crippen LogP contribution in [0.5, 0.6) is 0 Å². The van der Waals surface area contributed by atoms with Gasteiger partial charge in [-0.05, 0) is 12.3 Å². The lowest BCUT2D eigenvalue weighted by Crippen LogP contribution is -2.29. The zero-order chi connectivity index (χ0) is 11.2. The molecule has 14 heavy (non-hydrogen) atoms. The van der Waals surface area contributed by atoms with Crippen LogP contribution in [0, 0.1) is 5.92 Å². The largest absolute Gasteiger partial charge is 0.481 e. The maximum atomic E-state index is 11.2. The second kappa shape index (κ2) is 5.98. The summed E-state index contributed by atoms with van der Waals surface area (Å²) in [5.74, 6) is -0.618. The predicted octanol–water partition coefficient (Wildman–Crippen LogP) is 0.427. The number of carbonyl (C=O) groups is 1. The minimum absolute atomic E-state index is 0.0320. The van der Waals surface area contributed by atoms with Crippen LogP contribution in [-0.2, 0) is 14.8 Å². The number of carboxylic acids is 1. The first-order valence-electron chi connectivity index (χ1n) is 4.52. The summed E-state index contributed by atoms with van der Waals surface area (Å²) in [6, 6.07) is 0. The molecule has 6 heteroatoms. The minimum atomic E-state index is -3.29. The Labute approximate surface area is 84.6 Å². The van der Waals surface area contributed by atoms with Crippen molar-refractivity contribution in [2.45, 2.75) is 26.7 Å². The number of sulfonamides is 1. The van der Waals surface area contributed by atoms with Crippen LogP contribution >= 0.6 is 0 Å². The first kappa shape index (κ1) is 13.4. The van der Waals surface area contributed by atoms with Crippen molar-refractivity contribution in [3.05, 3.63) is 0 Å².